The summed E-state index contributed by atoms with van der Waals surface area (Å²) in [5.41, 5.74) is -0.213. The summed E-state index contributed by atoms with van der Waals surface area (Å²) < 4.78 is 39.8. The summed E-state index contributed by atoms with van der Waals surface area (Å²) in [6.45, 7) is 3.99. The molecule has 4 aromatic rings. The van der Waals surface area contributed by atoms with Gasteiger partial charge in [-0.3, -0.25) is 0 Å². The number of para-hydroxylation sites is 1. The number of halogens is 3. The first-order chi connectivity index (χ1) is 14.6. The van der Waals surface area contributed by atoms with Crippen molar-refractivity contribution in [2.45, 2.75) is 25.9 Å². The van der Waals surface area contributed by atoms with Crippen molar-refractivity contribution in [1.82, 2.24) is 15.0 Å². The van der Waals surface area contributed by atoms with E-state index in [1.807, 2.05) is 38.1 Å². The first-order valence-corrected chi connectivity index (χ1v) is 10.7. The van der Waals surface area contributed by atoms with Crippen LogP contribution in [0, 0.1) is 0 Å². The highest BCUT2D eigenvalue weighted by atomic mass is 32.1. The lowest BCUT2D eigenvalue weighted by Crippen LogP contribution is -2.11. The molecule has 0 unspecified atom stereocenters. The molecule has 160 valence electrons. The van der Waals surface area contributed by atoms with Gasteiger partial charge < -0.3 is 10.4 Å². The van der Waals surface area contributed by atoms with E-state index >= 15 is 0 Å². The maximum absolute atomic E-state index is 12.9. The number of hydrogen-bond donors (Lipinski definition) is 2. The number of aromatic carboxylic acids is 1. The molecule has 0 atom stereocenters. The van der Waals surface area contributed by atoms with E-state index in [1.54, 1.807) is 0 Å². The molecule has 0 bridgehead atoms. The molecule has 0 aliphatic carbocycles. The van der Waals surface area contributed by atoms with Crippen molar-refractivity contribution in [3.63, 3.8) is 0 Å². The lowest BCUT2D eigenvalue weighted by molar-refractivity contribution is -0.137. The van der Waals surface area contributed by atoms with E-state index in [2.05, 4.69) is 20.3 Å². The van der Waals surface area contributed by atoms with Crippen LogP contribution in [0.4, 0.5) is 24.1 Å². The smallest absolute Gasteiger partial charge is 0.417 e. The quantitative estimate of drug-likeness (QED) is 0.355. The van der Waals surface area contributed by atoms with Crippen molar-refractivity contribution >= 4 is 49.8 Å². The Hall–Kier alpha value is -3.05. The highest BCUT2D eigenvalue weighted by molar-refractivity contribution is 7.22. The van der Waals surface area contributed by atoms with Crippen LogP contribution in [0.5, 0.6) is 0 Å². The fourth-order valence-corrected chi connectivity index (χ4v) is 4.89. The number of nitrogens with one attached hydrogen (secondary N) is 1. The highest BCUT2D eigenvalue weighted by Gasteiger charge is 2.33. The topological polar surface area (TPSA) is 88.0 Å². The Bertz CT molecular complexity index is 1250. The third-order valence-electron chi connectivity index (χ3n) is 4.34. The van der Waals surface area contributed by atoms with Crippen molar-refractivity contribution in [2.75, 3.05) is 5.32 Å². The number of aromatic nitrogens is 3. The van der Waals surface area contributed by atoms with Crippen LogP contribution < -0.4 is 5.32 Å². The van der Waals surface area contributed by atoms with Gasteiger partial charge in [-0.05, 0) is 24.1 Å². The minimum absolute atomic E-state index is 0.106. The largest absolute Gasteiger partial charge is 0.478 e. The molecular weight excluding hydrogens is 449 g/mol. The summed E-state index contributed by atoms with van der Waals surface area (Å²) in [5, 5.41) is 13.2. The predicted molar refractivity (Wildman–Crippen MR) is 114 cm³/mol. The predicted octanol–water partition coefficient (Wildman–Crippen LogP) is 6.40. The van der Waals surface area contributed by atoms with Gasteiger partial charge in [-0.15, -0.1) is 22.7 Å². The normalized spacial score (nSPS) is 11.9. The van der Waals surface area contributed by atoms with E-state index in [1.165, 1.54) is 22.7 Å². The van der Waals surface area contributed by atoms with E-state index in [9.17, 15) is 23.1 Å². The number of fused-ring (bicyclic) bond motifs is 1. The second kappa shape index (κ2) is 7.89. The molecule has 0 radical (unpaired) electrons. The number of carboxylic acids is 1. The van der Waals surface area contributed by atoms with Crippen LogP contribution in [-0.2, 0) is 6.18 Å². The van der Waals surface area contributed by atoms with Crippen LogP contribution in [0.2, 0.25) is 0 Å². The Balaban J connectivity index is 1.75. The van der Waals surface area contributed by atoms with Crippen LogP contribution in [0.1, 0.15) is 40.6 Å². The first-order valence-electron chi connectivity index (χ1n) is 9.07. The third-order valence-corrected chi connectivity index (χ3v) is 6.66. The van der Waals surface area contributed by atoms with Gasteiger partial charge in [0.1, 0.15) is 22.1 Å². The number of rotatable bonds is 5. The number of anilines is 2. The van der Waals surface area contributed by atoms with E-state index in [-0.39, 0.29) is 11.7 Å². The van der Waals surface area contributed by atoms with E-state index in [0.717, 1.165) is 15.1 Å². The van der Waals surface area contributed by atoms with E-state index in [4.69, 9.17) is 0 Å². The molecule has 11 heteroatoms. The zero-order valence-electron chi connectivity index (χ0n) is 16.2. The Morgan fingerprint density at radius 1 is 1.16 bits per heavy atom. The van der Waals surface area contributed by atoms with Gasteiger partial charge >= 0.3 is 12.1 Å². The van der Waals surface area contributed by atoms with Gasteiger partial charge in [-0.1, -0.05) is 26.0 Å². The summed E-state index contributed by atoms with van der Waals surface area (Å²) >= 11 is 2.77. The number of carbonyl (C=O) groups is 1. The summed E-state index contributed by atoms with van der Waals surface area (Å²) in [7, 11) is 0. The number of pyridine rings is 1. The van der Waals surface area contributed by atoms with Crippen molar-refractivity contribution in [3.05, 3.63) is 52.5 Å². The molecule has 0 saturated heterocycles. The molecule has 0 spiro atoms. The van der Waals surface area contributed by atoms with Crippen LogP contribution in [-0.4, -0.2) is 26.0 Å². The average molecular weight is 464 g/mol. The van der Waals surface area contributed by atoms with Gasteiger partial charge in [0.2, 0.25) is 0 Å². The fourth-order valence-electron chi connectivity index (χ4n) is 2.89. The molecule has 1 aromatic carbocycles. The molecule has 0 aliphatic rings. The molecular formula is C20H15F3N4O2S2. The van der Waals surface area contributed by atoms with Crippen molar-refractivity contribution < 1.29 is 23.1 Å². The molecule has 0 aliphatic heterocycles. The lowest BCUT2D eigenvalue weighted by Gasteiger charge is -2.10. The van der Waals surface area contributed by atoms with Crippen LogP contribution in [0.15, 0.2) is 36.5 Å². The number of nitrogens with zero attached hydrogens (tertiary/aromatic N) is 3. The fraction of sp³-hybridized carbons (Fsp3) is 0.200. The zero-order chi connectivity index (χ0) is 22.3. The maximum Gasteiger partial charge on any atom is 0.417 e. The van der Waals surface area contributed by atoms with Crippen molar-refractivity contribution in [3.8, 4) is 10.7 Å². The minimum Gasteiger partial charge on any atom is -0.478 e. The van der Waals surface area contributed by atoms with Gasteiger partial charge in [0.05, 0.1) is 15.8 Å². The zero-order valence-corrected chi connectivity index (χ0v) is 17.8. The van der Waals surface area contributed by atoms with Gasteiger partial charge in [0, 0.05) is 11.1 Å². The summed E-state index contributed by atoms with van der Waals surface area (Å²) in [5.74, 6) is -1.62. The number of benzene rings is 1. The molecule has 3 aromatic heterocycles. The highest BCUT2D eigenvalue weighted by Crippen LogP contribution is 2.40. The molecule has 0 fully saturated rings. The standard InChI is InChI=1S/C20H15F3N4O2S2/c1-9(2)15-14(17-25-12-5-3-4-6-13(12)30-17)26-19(31-15)27-16-11(18(28)29)7-10(8-24-16)20(21,22)23/h3-9H,1-2H3,(H,28,29)(H,24,26,27). The molecule has 0 saturated carbocycles. The summed E-state index contributed by atoms with van der Waals surface area (Å²) in [6, 6.07) is 8.24. The molecule has 0 amide bonds. The second-order valence-electron chi connectivity index (χ2n) is 6.92. The average Bonchev–Trinajstić information content (AvgIpc) is 3.31. The first kappa shape index (κ1) is 21.2. The number of thiazole rings is 2. The monoisotopic (exact) mass is 464 g/mol. The molecule has 31 heavy (non-hydrogen) atoms. The minimum atomic E-state index is -4.69. The molecule has 2 N–H and O–H groups in total. The molecule has 6 nitrogen and oxygen atoms in total. The van der Waals surface area contributed by atoms with E-state index in [0.29, 0.717) is 28.1 Å². The maximum atomic E-state index is 12.9. The molecule has 4 rings (SSSR count). The van der Waals surface area contributed by atoms with Crippen molar-refractivity contribution in [1.29, 1.82) is 0 Å². The van der Waals surface area contributed by atoms with Gasteiger partial charge in [0.15, 0.2) is 5.13 Å². The Kier molecular flexibility index (Phi) is 5.40. The SMILES string of the molecule is CC(C)c1sc(Nc2ncc(C(F)(F)F)cc2C(=O)O)nc1-c1nc2ccccc2s1. The van der Waals surface area contributed by atoms with Crippen LogP contribution >= 0.6 is 22.7 Å². The van der Waals surface area contributed by atoms with Gasteiger partial charge in [0.25, 0.3) is 0 Å². The summed E-state index contributed by atoms with van der Waals surface area (Å²) in [4.78, 5) is 25.3. The Morgan fingerprint density at radius 2 is 1.90 bits per heavy atom. The van der Waals surface area contributed by atoms with Gasteiger partial charge in [-0.2, -0.15) is 13.2 Å². The molecule has 3 heterocycles. The van der Waals surface area contributed by atoms with Gasteiger partial charge in [-0.25, -0.2) is 19.7 Å². The number of carboxylic acid groups (broad SMARTS) is 1. The van der Waals surface area contributed by atoms with Crippen LogP contribution in [0.25, 0.3) is 20.9 Å². The van der Waals surface area contributed by atoms with Crippen molar-refractivity contribution in [2.24, 2.45) is 0 Å². The van der Waals surface area contributed by atoms with E-state index < -0.39 is 23.3 Å². The van der Waals surface area contributed by atoms with Crippen LogP contribution in [0.3, 0.4) is 0 Å². The number of alkyl halides is 3. The summed E-state index contributed by atoms with van der Waals surface area (Å²) in [6.07, 6.45) is -4.10. The number of hydrogen-bond acceptors (Lipinski definition) is 7. The second-order valence-corrected chi connectivity index (χ2v) is 8.98. The lowest BCUT2D eigenvalue weighted by atomic mass is 10.1. The third kappa shape index (κ3) is 4.23. The Labute approximate surface area is 182 Å². The Morgan fingerprint density at radius 3 is 2.55 bits per heavy atom.